The maximum Gasteiger partial charge on any atom is 0.317 e. The Kier molecular flexibility index (Phi) is 4.02. The number of esters is 2. The average Bonchev–Trinajstić information content (AvgIpc) is 3.32. The standard InChI is InChI=1S/C18H21NO5/c1-10(20)22-9-13(11-5-3-2-4-6-11)18(21)23-12-7-14-16-17(24-16)15(8-12)19-14/h2-6,12-17,19H,7-9H2,1H3/t12?,13-,14?,15?,16?,17?/m1/s1. The molecule has 0 aliphatic carbocycles. The van der Waals surface area contributed by atoms with E-state index in [1.165, 1.54) is 6.92 Å². The summed E-state index contributed by atoms with van der Waals surface area (Å²) in [6.07, 6.45) is 2.04. The monoisotopic (exact) mass is 331 g/mol. The number of hydrogen-bond donors (Lipinski definition) is 1. The zero-order chi connectivity index (χ0) is 16.7. The largest absolute Gasteiger partial charge is 0.465 e. The highest BCUT2D eigenvalue weighted by atomic mass is 16.6. The Labute approximate surface area is 140 Å². The number of morpholine rings is 1. The van der Waals surface area contributed by atoms with E-state index in [2.05, 4.69) is 5.32 Å². The van der Waals surface area contributed by atoms with Gasteiger partial charge in [0.2, 0.25) is 0 Å². The van der Waals surface area contributed by atoms with Crippen LogP contribution in [0.5, 0.6) is 0 Å². The summed E-state index contributed by atoms with van der Waals surface area (Å²) in [5.41, 5.74) is 0.798. The second-order valence-electron chi connectivity index (χ2n) is 6.74. The molecule has 24 heavy (non-hydrogen) atoms. The van der Waals surface area contributed by atoms with Gasteiger partial charge in [0.25, 0.3) is 0 Å². The summed E-state index contributed by atoms with van der Waals surface area (Å²) in [7, 11) is 0. The molecule has 0 radical (unpaired) electrons. The minimum atomic E-state index is -0.589. The second-order valence-corrected chi connectivity index (χ2v) is 6.74. The lowest BCUT2D eigenvalue weighted by Gasteiger charge is -2.31. The number of fused-ring (bicyclic) bond motifs is 5. The average molecular weight is 331 g/mol. The zero-order valence-electron chi connectivity index (χ0n) is 13.5. The van der Waals surface area contributed by atoms with Crippen LogP contribution < -0.4 is 5.32 Å². The number of rotatable bonds is 5. The predicted molar refractivity (Wildman–Crippen MR) is 84.3 cm³/mol. The third-order valence-corrected chi connectivity index (χ3v) is 5.04. The number of carbonyl (C=O) groups is 2. The van der Waals surface area contributed by atoms with E-state index in [1.54, 1.807) is 0 Å². The van der Waals surface area contributed by atoms with Crippen LogP contribution in [0.2, 0.25) is 0 Å². The number of nitrogens with one attached hydrogen (secondary N) is 1. The number of carbonyl (C=O) groups excluding carboxylic acids is 2. The van der Waals surface area contributed by atoms with Crippen LogP contribution in [-0.4, -0.2) is 48.9 Å². The molecule has 4 rings (SSSR count). The molecule has 6 heteroatoms. The van der Waals surface area contributed by atoms with E-state index < -0.39 is 11.9 Å². The lowest BCUT2D eigenvalue weighted by molar-refractivity contribution is -0.156. The van der Waals surface area contributed by atoms with Crippen LogP contribution in [0, 0.1) is 0 Å². The zero-order valence-corrected chi connectivity index (χ0v) is 13.5. The molecular weight excluding hydrogens is 310 g/mol. The van der Waals surface area contributed by atoms with Crippen molar-refractivity contribution in [1.82, 2.24) is 5.32 Å². The van der Waals surface area contributed by atoms with Gasteiger partial charge in [0.05, 0.1) is 0 Å². The normalized spacial score (nSPS) is 34.1. The van der Waals surface area contributed by atoms with E-state index in [9.17, 15) is 9.59 Å². The Morgan fingerprint density at radius 3 is 2.50 bits per heavy atom. The van der Waals surface area contributed by atoms with Crippen molar-refractivity contribution in [3.05, 3.63) is 35.9 Å². The maximum absolute atomic E-state index is 12.7. The summed E-state index contributed by atoms with van der Waals surface area (Å²) >= 11 is 0. The lowest BCUT2D eigenvalue weighted by atomic mass is 9.98. The Hall–Kier alpha value is -1.92. The van der Waals surface area contributed by atoms with Crippen molar-refractivity contribution in [1.29, 1.82) is 0 Å². The van der Waals surface area contributed by atoms with Crippen molar-refractivity contribution in [2.75, 3.05) is 6.61 Å². The van der Waals surface area contributed by atoms with Crippen LogP contribution in [0.1, 0.15) is 31.2 Å². The van der Waals surface area contributed by atoms with Crippen LogP contribution >= 0.6 is 0 Å². The molecule has 3 saturated heterocycles. The summed E-state index contributed by atoms with van der Waals surface area (Å²) in [6.45, 7) is 1.34. The first-order valence-electron chi connectivity index (χ1n) is 8.42. The molecule has 4 unspecified atom stereocenters. The molecule has 128 valence electrons. The number of piperidine rings is 1. The molecule has 3 fully saturated rings. The fourth-order valence-corrected chi connectivity index (χ4v) is 3.84. The molecule has 6 nitrogen and oxygen atoms in total. The van der Waals surface area contributed by atoms with Crippen LogP contribution in [0.25, 0.3) is 0 Å². The summed E-state index contributed by atoms with van der Waals surface area (Å²) in [4.78, 5) is 23.8. The quantitative estimate of drug-likeness (QED) is 0.644. The van der Waals surface area contributed by atoms with Crippen molar-refractivity contribution in [2.45, 2.75) is 56.1 Å². The molecule has 1 aromatic carbocycles. The minimum absolute atomic E-state index is 0.00433. The van der Waals surface area contributed by atoms with Gasteiger partial charge in [0.1, 0.15) is 30.8 Å². The van der Waals surface area contributed by atoms with E-state index >= 15 is 0 Å². The Balaban J connectivity index is 1.42. The second kappa shape index (κ2) is 6.18. The van der Waals surface area contributed by atoms with Crippen molar-refractivity contribution in [3.8, 4) is 0 Å². The minimum Gasteiger partial charge on any atom is -0.465 e. The topological polar surface area (TPSA) is 77.2 Å². The van der Waals surface area contributed by atoms with Gasteiger partial charge < -0.3 is 19.5 Å². The molecule has 3 aliphatic rings. The first kappa shape index (κ1) is 15.6. The van der Waals surface area contributed by atoms with Crippen molar-refractivity contribution in [2.24, 2.45) is 0 Å². The molecule has 0 spiro atoms. The highest BCUT2D eigenvalue weighted by Gasteiger charge is 2.59. The van der Waals surface area contributed by atoms with Gasteiger partial charge in [-0.3, -0.25) is 9.59 Å². The van der Waals surface area contributed by atoms with Crippen LogP contribution in [0.4, 0.5) is 0 Å². The van der Waals surface area contributed by atoms with Gasteiger partial charge >= 0.3 is 11.9 Å². The van der Waals surface area contributed by atoms with E-state index in [-0.39, 0.29) is 30.8 Å². The van der Waals surface area contributed by atoms with Gasteiger partial charge in [0.15, 0.2) is 0 Å². The molecule has 2 bridgehead atoms. The van der Waals surface area contributed by atoms with Gasteiger partial charge in [-0.2, -0.15) is 0 Å². The van der Waals surface area contributed by atoms with Crippen molar-refractivity contribution in [3.63, 3.8) is 0 Å². The summed E-state index contributed by atoms with van der Waals surface area (Å²) in [6, 6.07) is 9.88. The van der Waals surface area contributed by atoms with E-state index in [1.807, 2.05) is 30.3 Å². The fraction of sp³-hybridized carbons (Fsp3) is 0.556. The molecule has 3 heterocycles. The van der Waals surface area contributed by atoms with Gasteiger partial charge in [-0.1, -0.05) is 30.3 Å². The van der Waals surface area contributed by atoms with Crippen molar-refractivity contribution >= 4 is 11.9 Å². The first-order chi connectivity index (χ1) is 11.6. The van der Waals surface area contributed by atoms with Gasteiger partial charge in [0, 0.05) is 31.8 Å². The maximum atomic E-state index is 12.7. The molecule has 0 amide bonds. The molecule has 0 saturated carbocycles. The highest BCUT2D eigenvalue weighted by Crippen LogP contribution is 2.43. The number of hydrogen-bond acceptors (Lipinski definition) is 6. The Bertz CT molecular complexity index is 618. The Morgan fingerprint density at radius 2 is 1.88 bits per heavy atom. The third kappa shape index (κ3) is 3.03. The lowest BCUT2D eigenvalue weighted by Crippen LogP contribution is -2.47. The van der Waals surface area contributed by atoms with Gasteiger partial charge in [-0.25, -0.2) is 0 Å². The highest BCUT2D eigenvalue weighted by molar-refractivity contribution is 5.79. The van der Waals surface area contributed by atoms with Crippen LogP contribution in [-0.2, 0) is 23.8 Å². The van der Waals surface area contributed by atoms with Crippen molar-refractivity contribution < 1.29 is 23.8 Å². The number of benzene rings is 1. The SMILES string of the molecule is CC(=O)OC[C@@H](C(=O)OC1CC2NC(C1)C1OC21)c1ccccc1. The predicted octanol–water partition coefficient (Wildman–Crippen LogP) is 1.15. The third-order valence-electron chi connectivity index (χ3n) is 5.04. The smallest absolute Gasteiger partial charge is 0.317 e. The van der Waals surface area contributed by atoms with Crippen LogP contribution in [0.3, 0.4) is 0 Å². The molecule has 1 aromatic rings. The molecule has 5 atom stereocenters. The number of ether oxygens (including phenoxy) is 3. The number of epoxide rings is 1. The summed E-state index contributed by atoms with van der Waals surface area (Å²) in [5.74, 6) is -1.32. The summed E-state index contributed by atoms with van der Waals surface area (Å²) in [5, 5.41) is 3.51. The van der Waals surface area contributed by atoms with Crippen LogP contribution in [0.15, 0.2) is 30.3 Å². The first-order valence-corrected chi connectivity index (χ1v) is 8.42. The van der Waals surface area contributed by atoms with E-state index in [4.69, 9.17) is 14.2 Å². The summed E-state index contributed by atoms with van der Waals surface area (Å²) < 4.78 is 16.4. The van der Waals surface area contributed by atoms with Gasteiger partial charge in [-0.05, 0) is 5.56 Å². The molecule has 3 aliphatic heterocycles. The molecule has 0 aromatic heterocycles. The Morgan fingerprint density at radius 1 is 1.21 bits per heavy atom. The van der Waals surface area contributed by atoms with E-state index in [0.29, 0.717) is 12.2 Å². The van der Waals surface area contributed by atoms with E-state index in [0.717, 1.165) is 18.4 Å². The molecule has 1 N–H and O–H groups in total. The van der Waals surface area contributed by atoms with Gasteiger partial charge in [-0.15, -0.1) is 0 Å². The molecular formula is C18H21NO5. The fourth-order valence-electron chi connectivity index (χ4n) is 3.84.